The van der Waals surface area contributed by atoms with Crippen molar-refractivity contribution >= 4 is 0 Å². The molecule has 1 atom stereocenters. The molecule has 0 heterocycles. The Morgan fingerprint density at radius 2 is 2.20 bits per heavy atom. The molecule has 60 valence electrons. The smallest absolute Gasteiger partial charge is 0.126 e. The molecule has 0 aliphatic heterocycles. The van der Waals surface area contributed by atoms with Crippen LogP contribution in [0.2, 0.25) is 0 Å². The minimum absolute atomic E-state index is 0.160. The predicted molar refractivity (Wildman–Crippen MR) is 43.7 cm³/mol. The van der Waals surface area contributed by atoms with E-state index in [1.165, 1.54) is 0 Å². The Balaban J connectivity index is 3.63. The van der Waals surface area contributed by atoms with E-state index in [0.29, 0.717) is 0 Å². The molecule has 0 rings (SSSR count). The summed E-state index contributed by atoms with van der Waals surface area (Å²) in [5.74, 6) is 0. The molecule has 0 aliphatic rings. The molecule has 0 amide bonds. The van der Waals surface area contributed by atoms with Gasteiger partial charge in [-0.2, -0.15) is 0 Å². The summed E-state index contributed by atoms with van der Waals surface area (Å²) >= 11 is 0. The lowest BCUT2D eigenvalue weighted by Gasteiger charge is -2.25. The Morgan fingerprint density at radius 1 is 1.60 bits per heavy atom. The summed E-state index contributed by atoms with van der Waals surface area (Å²) in [5.41, 5.74) is 0. The van der Waals surface area contributed by atoms with Gasteiger partial charge >= 0.3 is 0 Å². The molecular weight excluding hydrogens is 126 g/mol. The summed E-state index contributed by atoms with van der Waals surface area (Å²) < 4.78 is 5.34. The third-order valence-electron chi connectivity index (χ3n) is 1.47. The molecule has 0 spiro atoms. The van der Waals surface area contributed by atoms with E-state index in [2.05, 4.69) is 13.5 Å². The van der Waals surface area contributed by atoms with Gasteiger partial charge in [-0.25, -0.2) is 0 Å². The summed E-state index contributed by atoms with van der Waals surface area (Å²) in [4.78, 5) is 2.05. The highest BCUT2D eigenvalue weighted by Crippen LogP contribution is 1.99. The lowest BCUT2D eigenvalue weighted by molar-refractivity contribution is -0.0150. The van der Waals surface area contributed by atoms with Crippen LogP contribution in [0.1, 0.15) is 20.8 Å². The molecular formula is C8H17NO. The lowest BCUT2D eigenvalue weighted by Crippen LogP contribution is -2.29. The summed E-state index contributed by atoms with van der Waals surface area (Å²) in [6.45, 7) is 11.5. The summed E-state index contributed by atoms with van der Waals surface area (Å²) in [5, 5.41) is 0. The third kappa shape index (κ3) is 2.87. The SMILES string of the molecule is C=CN(CC)C(C)OCC. The van der Waals surface area contributed by atoms with Crippen LogP contribution in [0.4, 0.5) is 0 Å². The zero-order chi connectivity index (χ0) is 7.98. The van der Waals surface area contributed by atoms with Gasteiger partial charge < -0.3 is 9.64 Å². The summed E-state index contributed by atoms with van der Waals surface area (Å²) in [7, 11) is 0. The van der Waals surface area contributed by atoms with E-state index in [-0.39, 0.29) is 6.23 Å². The molecule has 1 unspecified atom stereocenters. The first-order chi connectivity index (χ1) is 4.76. The van der Waals surface area contributed by atoms with Gasteiger partial charge in [-0.3, -0.25) is 0 Å². The molecule has 10 heavy (non-hydrogen) atoms. The van der Waals surface area contributed by atoms with Crippen LogP contribution in [-0.2, 0) is 4.74 Å². The van der Waals surface area contributed by atoms with Crippen LogP contribution in [0, 0.1) is 0 Å². The van der Waals surface area contributed by atoms with E-state index >= 15 is 0 Å². The fourth-order valence-corrected chi connectivity index (χ4v) is 0.872. The van der Waals surface area contributed by atoms with Crippen LogP contribution in [0.25, 0.3) is 0 Å². The summed E-state index contributed by atoms with van der Waals surface area (Å²) in [6.07, 6.45) is 1.97. The third-order valence-corrected chi connectivity index (χ3v) is 1.47. The van der Waals surface area contributed by atoms with Crippen molar-refractivity contribution in [1.82, 2.24) is 4.90 Å². The monoisotopic (exact) mass is 143 g/mol. The van der Waals surface area contributed by atoms with Gasteiger partial charge in [0.25, 0.3) is 0 Å². The highest BCUT2D eigenvalue weighted by atomic mass is 16.5. The molecule has 2 heteroatoms. The first-order valence-electron chi connectivity index (χ1n) is 3.76. The van der Waals surface area contributed by atoms with Crippen LogP contribution in [0.5, 0.6) is 0 Å². The Morgan fingerprint density at radius 3 is 2.50 bits per heavy atom. The van der Waals surface area contributed by atoms with Crippen molar-refractivity contribution in [2.24, 2.45) is 0 Å². The fourth-order valence-electron chi connectivity index (χ4n) is 0.872. The van der Waals surface area contributed by atoms with Crippen molar-refractivity contribution in [1.29, 1.82) is 0 Å². The van der Waals surface area contributed by atoms with Crippen molar-refractivity contribution in [2.75, 3.05) is 13.2 Å². The molecule has 0 saturated heterocycles. The average molecular weight is 143 g/mol. The average Bonchev–Trinajstić information content (AvgIpc) is 1.91. The molecule has 2 nitrogen and oxygen atoms in total. The first-order valence-corrected chi connectivity index (χ1v) is 3.76. The van der Waals surface area contributed by atoms with Crippen LogP contribution < -0.4 is 0 Å². The quantitative estimate of drug-likeness (QED) is 0.544. The standard InChI is InChI=1S/C8H17NO/c1-5-9(6-2)8(4)10-7-3/h5,8H,1,6-7H2,2-4H3. The summed E-state index contributed by atoms with van der Waals surface area (Å²) in [6, 6.07) is 0. The second kappa shape index (κ2) is 5.30. The van der Waals surface area contributed by atoms with Gasteiger partial charge in [0.1, 0.15) is 6.23 Å². The Labute approximate surface area is 63.5 Å². The predicted octanol–water partition coefficient (Wildman–Crippen LogP) is 1.83. The number of ether oxygens (including phenoxy) is 1. The molecule has 0 aromatic heterocycles. The zero-order valence-electron chi connectivity index (χ0n) is 7.13. The van der Waals surface area contributed by atoms with E-state index < -0.39 is 0 Å². The number of hydrogen-bond acceptors (Lipinski definition) is 2. The molecule has 0 saturated carbocycles. The molecule has 0 aromatic carbocycles. The molecule has 0 fully saturated rings. The van der Waals surface area contributed by atoms with Gasteiger partial charge in [0.2, 0.25) is 0 Å². The maximum absolute atomic E-state index is 5.34. The number of hydrogen-bond donors (Lipinski definition) is 0. The van der Waals surface area contributed by atoms with E-state index in [1.54, 1.807) is 6.20 Å². The fraction of sp³-hybridized carbons (Fsp3) is 0.750. The van der Waals surface area contributed by atoms with Gasteiger partial charge in [-0.1, -0.05) is 6.58 Å². The van der Waals surface area contributed by atoms with Gasteiger partial charge in [0.15, 0.2) is 0 Å². The van der Waals surface area contributed by atoms with Crippen LogP contribution in [0.3, 0.4) is 0 Å². The van der Waals surface area contributed by atoms with Crippen molar-refractivity contribution in [3.05, 3.63) is 12.8 Å². The van der Waals surface area contributed by atoms with Gasteiger partial charge in [-0.15, -0.1) is 0 Å². The Hall–Kier alpha value is -0.500. The normalized spacial score (nSPS) is 12.7. The minimum atomic E-state index is 0.160. The van der Waals surface area contributed by atoms with Crippen molar-refractivity contribution < 1.29 is 4.74 Å². The minimum Gasteiger partial charge on any atom is -0.359 e. The van der Waals surface area contributed by atoms with Crippen LogP contribution in [0.15, 0.2) is 12.8 Å². The maximum atomic E-state index is 5.34. The Kier molecular flexibility index (Phi) is 5.03. The van der Waals surface area contributed by atoms with Crippen molar-refractivity contribution in [3.63, 3.8) is 0 Å². The van der Waals surface area contributed by atoms with E-state index in [9.17, 15) is 0 Å². The maximum Gasteiger partial charge on any atom is 0.126 e. The van der Waals surface area contributed by atoms with Gasteiger partial charge in [0.05, 0.1) is 0 Å². The molecule has 0 radical (unpaired) electrons. The van der Waals surface area contributed by atoms with Gasteiger partial charge in [-0.05, 0) is 27.0 Å². The van der Waals surface area contributed by atoms with E-state index in [4.69, 9.17) is 4.74 Å². The number of nitrogens with zero attached hydrogens (tertiary/aromatic N) is 1. The molecule has 0 aliphatic carbocycles. The topological polar surface area (TPSA) is 12.5 Å². The van der Waals surface area contributed by atoms with Crippen molar-refractivity contribution in [2.45, 2.75) is 27.0 Å². The Bertz CT molecular complexity index is 93.3. The van der Waals surface area contributed by atoms with Crippen molar-refractivity contribution in [3.8, 4) is 0 Å². The van der Waals surface area contributed by atoms with Crippen LogP contribution >= 0.6 is 0 Å². The second-order valence-corrected chi connectivity index (χ2v) is 2.07. The molecule has 0 N–H and O–H groups in total. The van der Waals surface area contributed by atoms with Crippen LogP contribution in [-0.4, -0.2) is 24.3 Å². The largest absolute Gasteiger partial charge is 0.359 e. The molecule has 0 aromatic rings. The van der Waals surface area contributed by atoms with Gasteiger partial charge in [0, 0.05) is 13.2 Å². The van der Waals surface area contributed by atoms with E-state index in [1.807, 2.05) is 18.7 Å². The highest BCUT2D eigenvalue weighted by Gasteiger charge is 2.04. The zero-order valence-corrected chi connectivity index (χ0v) is 7.13. The molecule has 0 bridgehead atoms. The highest BCUT2D eigenvalue weighted by molar-refractivity contribution is 4.70. The number of rotatable bonds is 5. The van der Waals surface area contributed by atoms with E-state index in [0.717, 1.165) is 13.2 Å². The lowest BCUT2D eigenvalue weighted by atomic mass is 10.5. The second-order valence-electron chi connectivity index (χ2n) is 2.07. The first kappa shape index (κ1) is 9.50.